The molecule has 158 valence electrons. The van der Waals surface area contributed by atoms with E-state index in [1.165, 1.54) is 4.57 Å². The van der Waals surface area contributed by atoms with Crippen molar-refractivity contribution in [2.45, 2.75) is 32.4 Å². The molecule has 0 spiro atoms. The summed E-state index contributed by atoms with van der Waals surface area (Å²) in [7, 11) is 0. The van der Waals surface area contributed by atoms with E-state index in [-0.39, 0.29) is 23.9 Å². The number of nitrogens with zero attached hydrogens (tertiary/aromatic N) is 2. The zero-order chi connectivity index (χ0) is 22.1. The van der Waals surface area contributed by atoms with Gasteiger partial charge < -0.3 is 10.6 Å². The third-order valence-corrected chi connectivity index (χ3v) is 5.59. The highest BCUT2D eigenvalue weighted by molar-refractivity contribution is 6.30. The Labute approximate surface area is 183 Å². The summed E-state index contributed by atoms with van der Waals surface area (Å²) in [4.78, 5) is 42.5. The molecule has 0 radical (unpaired) electrons. The Morgan fingerprint density at radius 2 is 2.00 bits per heavy atom. The smallest absolute Gasteiger partial charge is 0.262 e. The predicted molar refractivity (Wildman–Crippen MR) is 119 cm³/mol. The van der Waals surface area contributed by atoms with Gasteiger partial charge in [0.15, 0.2) is 0 Å². The quantitative estimate of drug-likeness (QED) is 0.656. The molecule has 1 aromatic heterocycles. The van der Waals surface area contributed by atoms with Crippen molar-refractivity contribution >= 4 is 34.3 Å². The number of allylic oxidation sites excluding steroid dienone is 1. The molecule has 0 bridgehead atoms. The summed E-state index contributed by atoms with van der Waals surface area (Å²) in [5.41, 5.74) is 2.17. The Balaban J connectivity index is 1.61. The molecule has 1 aliphatic rings. The van der Waals surface area contributed by atoms with Crippen LogP contribution in [0, 0.1) is 6.92 Å². The number of fused-ring (bicyclic) bond motifs is 1. The third kappa shape index (κ3) is 4.22. The van der Waals surface area contributed by atoms with Gasteiger partial charge in [-0.05, 0) is 61.7 Å². The van der Waals surface area contributed by atoms with Crippen molar-refractivity contribution in [2.24, 2.45) is 0 Å². The number of amides is 2. The van der Waals surface area contributed by atoms with Crippen molar-refractivity contribution in [3.8, 4) is 0 Å². The van der Waals surface area contributed by atoms with E-state index >= 15 is 0 Å². The second-order valence-corrected chi connectivity index (χ2v) is 7.96. The van der Waals surface area contributed by atoms with Crippen LogP contribution < -0.4 is 16.2 Å². The van der Waals surface area contributed by atoms with Crippen LogP contribution >= 0.6 is 11.6 Å². The lowest BCUT2D eigenvalue weighted by atomic mass is 10.0. The maximum Gasteiger partial charge on any atom is 0.262 e. The Kier molecular flexibility index (Phi) is 5.61. The number of carbonyl (C=O) groups excluding carboxylic acids is 2. The number of piperidine rings is 1. The number of aromatic nitrogens is 2. The summed E-state index contributed by atoms with van der Waals surface area (Å²) in [5, 5.41) is 6.51. The van der Waals surface area contributed by atoms with Crippen LogP contribution in [0.1, 0.15) is 40.6 Å². The van der Waals surface area contributed by atoms with E-state index < -0.39 is 6.04 Å². The Hall–Kier alpha value is -3.45. The van der Waals surface area contributed by atoms with Crippen LogP contribution in [0.15, 0.2) is 59.5 Å². The highest BCUT2D eigenvalue weighted by atomic mass is 35.5. The predicted octanol–water partition coefficient (Wildman–Crippen LogP) is 3.25. The standard InChI is InChI=1S/C23H21ClN4O3/c1-13-3-10-20(22(30)26-13)28-14(2)27-19-9-4-15(11-18(19)23(28)31)12-25-21(29)16-5-7-17(24)8-6-16/h4-9,11,20H,1,3,10,12H2,2H3,(H,25,29)(H,26,30). The SMILES string of the molecule is C=C1CCC(n2c(C)nc3ccc(CNC(=O)c4ccc(Cl)cc4)cc3c2=O)C(=O)N1. The van der Waals surface area contributed by atoms with Crippen LogP contribution in [0.2, 0.25) is 5.02 Å². The fourth-order valence-corrected chi connectivity index (χ4v) is 3.85. The Morgan fingerprint density at radius 3 is 2.71 bits per heavy atom. The van der Waals surface area contributed by atoms with Gasteiger partial charge in [-0.15, -0.1) is 0 Å². The van der Waals surface area contributed by atoms with Gasteiger partial charge in [0.1, 0.15) is 11.9 Å². The largest absolute Gasteiger partial charge is 0.348 e. The van der Waals surface area contributed by atoms with Crippen molar-refractivity contribution in [1.29, 1.82) is 0 Å². The van der Waals surface area contributed by atoms with E-state index in [9.17, 15) is 14.4 Å². The lowest BCUT2D eigenvalue weighted by molar-refractivity contribution is -0.124. The minimum absolute atomic E-state index is 0.240. The van der Waals surface area contributed by atoms with E-state index in [2.05, 4.69) is 22.2 Å². The molecule has 2 N–H and O–H groups in total. The zero-order valence-electron chi connectivity index (χ0n) is 16.9. The Bertz CT molecular complexity index is 1260. The van der Waals surface area contributed by atoms with Crippen LogP contribution in [0.3, 0.4) is 0 Å². The molecule has 1 atom stereocenters. The monoisotopic (exact) mass is 436 g/mol. The molecular formula is C23H21ClN4O3. The molecule has 1 unspecified atom stereocenters. The van der Waals surface area contributed by atoms with Gasteiger partial charge in [0.25, 0.3) is 11.5 Å². The van der Waals surface area contributed by atoms with Crippen molar-refractivity contribution in [3.63, 3.8) is 0 Å². The number of halogens is 1. The Morgan fingerprint density at radius 1 is 1.26 bits per heavy atom. The molecule has 4 rings (SSSR count). The van der Waals surface area contributed by atoms with Crippen LogP contribution in [0.5, 0.6) is 0 Å². The molecule has 31 heavy (non-hydrogen) atoms. The third-order valence-electron chi connectivity index (χ3n) is 5.33. The van der Waals surface area contributed by atoms with Gasteiger partial charge in [0.05, 0.1) is 10.9 Å². The summed E-state index contributed by atoms with van der Waals surface area (Å²) in [6.45, 7) is 5.75. The molecule has 1 fully saturated rings. The van der Waals surface area contributed by atoms with Crippen LogP contribution in [-0.2, 0) is 11.3 Å². The molecule has 1 saturated heterocycles. The minimum atomic E-state index is -0.622. The average Bonchev–Trinajstić information content (AvgIpc) is 2.74. The van der Waals surface area contributed by atoms with E-state index in [0.717, 1.165) is 5.56 Å². The van der Waals surface area contributed by atoms with Gasteiger partial charge in [0, 0.05) is 22.8 Å². The number of rotatable bonds is 4. The van der Waals surface area contributed by atoms with E-state index in [4.69, 9.17) is 11.6 Å². The van der Waals surface area contributed by atoms with Gasteiger partial charge in [-0.25, -0.2) is 4.98 Å². The summed E-state index contributed by atoms with van der Waals surface area (Å²) >= 11 is 5.86. The number of hydrogen-bond acceptors (Lipinski definition) is 4. The highest BCUT2D eigenvalue weighted by Crippen LogP contribution is 2.23. The zero-order valence-corrected chi connectivity index (χ0v) is 17.7. The van der Waals surface area contributed by atoms with Gasteiger partial charge in [-0.1, -0.05) is 24.2 Å². The molecule has 3 aromatic rings. The maximum atomic E-state index is 13.2. The molecule has 1 aliphatic heterocycles. The lowest BCUT2D eigenvalue weighted by Crippen LogP contribution is -2.41. The van der Waals surface area contributed by atoms with Crippen LogP contribution in [-0.4, -0.2) is 21.4 Å². The van der Waals surface area contributed by atoms with Crippen LogP contribution in [0.4, 0.5) is 0 Å². The van der Waals surface area contributed by atoms with Crippen molar-refractivity contribution < 1.29 is 9.59 Å². The number of carbonyl (C=O) groups is 2. The van der Waals surface area contributed by atoms with Gasteiger partial charge in [-0.2, -0.15) is 0 Å². The number of nitrogens with one attached hydrogen (secondary N) is 2. The normalized spacial score (nSPS) is 16.3. The van der Waals surface area contributed by atoms with Gasteiger partial charge >= 0.3 is 0 Å². The molecule has 2 heterocycles. The van der Waals surface area contributed by atoms with E-state index in [1.54, 1.807) is 43.3 Å². The first kappa shape index (κ1) is 20.8. The first-order chi connectivity index (χ1) is 14.8. The summed E-state index contributed by atoms with van der Waals surface area (Å²) in [6.07, 6.45) is 1.10. The summed E-state index contributed by atoms with van der Waals surface area (Å²) in [5.74, 6) is -0.0155. The summed E-state index contributed by atoms with van der Waals surface area (Å²) < 4.78 is 1.44. The van der Waals surface area contributed by atoms with Crippen molar-refractivity contribution in [1.82, 2.24) is 20.2 Å². The maximum absolute atomic E-state index is 13.2. The highest BCUT2D eigenvalue weighted by Gasteiger charge is 2.28. The van der Waals surface area contributed by atoms with E-state index in [0.29, 0.717) is 45.9 Å². The average molecular weight is 437 g/mol. The minimum Gasteiger partial charge on any atom is -0.348 e. The van der Waals surface area contributed by atoms with Crippen molar-refractivity contribution in [3.05, 3.63) is 87.1 Å². The molecule has 2 amide bonds. The fourth-order valence-electron chi connectivity index (χ4n) is 3.73. The first-order valence-electron chi connectivity index (χ1n) is 9.87. The molecule has 8 heteroatoms. The second kappa shape index (κ2) is 8.35. The van der Waals surface area contributed by atoms with E-state index in [1.807, 2.05) is 6.07 Å². The lowest BCUT2D eigenvalue weighted by Gasteiger charge is -2.26. The van der Waals surface area contributed by atoms with Crippen molar-refractivity contribution in [2.75, 3.05) is 0 Å². The summed E-state index contributed by atoms with van der Waals surface area (Å²) in [6, 6.07) is 11.3. The van der Waals surface area contributed by atoms with Crippen LogP contribution in [0.25, 0.3) is 10.9 Å². The van der Waals surface area contributed by atoms with Gasteiger partial charge in [0.2, 0.25) is 5.91 Å². The number of hydrogen-bond donors (Lipinski definition) is 2. The van der Waals surface area contributed by atoms with Gasteiger partial charge in [-0.3, -0.25) is 19.0 Å². The molecular weight excluding hydrogens is 416 g/mol. The molecule has 0 saturated carbocycles. The molecule has 2 aromatic carbocycles. The number of aryl methyl sites for hydroxylation is 1. The molecule has 7 nitrogen and oxygen atoms in total. The second-order valence-electron chi connectivity index (χ2n) is 7.52. The topological polar surface area (TPSA) is 93.1 Å². The molecule has 0 aliphatic carbocycles. The number of benzene rings is 2. The fraction of sp³-hybridized carbons (Fsp3) is 0.217. The first-order valence-corrected chi connectivity index (χ1v) is 10.3.